The largest absolute Gasteiger partial charge is 0.496 e. The molecule has 8 nitrogen and oxygen atoms in total. The number of rotatable bonds is 6. The van der Waals surface area contributed by atoms with Crippen molar-refractivity contribution < 1.29 is 14.3 Å². The van der Waals surface area contributed by atoms with Gasteiger partial charge in [0.2, 0.25) is 0 Å². The maximum atomic E-state index is 12.8. The predicted molar refractivity (Wildman–Crippen MR) is 132 cm³/mol. The molecule has 2 aromatic heterocycles. The van der Waals surface area contributed by atoms with Crippen molar-refractivity contribution in [2.24, 2.45) is 0 Å². The molecule has 1 aliphatic heterocycles. The summed E-state index contributed by atoms with van der Waals surface area (Å²) in [6.45, 7) is 2.25. The monoisotopic (exact) mass is 470 g/mol. The fourth-order valence-electron chi connectivity index (χ4n) is 4.35. The first-order valence-corrected chi connectivity index (χ1v) is 11.5. The van der Waals surface area contributed by atoms with Gasteiger partial charge in [0.25, 0.3) is 11.5 Å². The van der Waals surface area contributed by atoms with Gasteiger partial charge in [-0.2, -0.15) is 0 Å². The van der Waals surface area contributed by atoms with Crippen LogP contribution in [-0.4, -0.2) is 46.9 Å². The topological polar surface area (TPSA) is 85.2 Å². The Hall–Kier alpha value is -4.17. The molecule has 1 atom stereocenters. The van der Waals surface area contributed by atoms with Gasteiger partial charge < -0.3 is 14.8 Å². The van der Waals surface area contributed by atoms with Crippen molar-refractivity contribution in [2.75, 3.05) is 26.7 Å². The molecule has 0 saturated carbocycles. The number of pyridine rings is 1. The highest BCUT2D eigenvalue weighted by Crippen LogP contribution is 2.34. The molecule has 0 aliphatic carbocycles. The zero-order chi connectivity index (χ0) is 24.2. The summed E-state index contributed by atoms with van der Waals surface area (Å²) in [5.74, 6) is 1.17. The highest BCUT2D eigenvalue weighted by Gasteiger charge is 2.26. The molecule has 0 radical (unpaired) electrons. The van der Waals surface area contributed by atoms with Gasteiger partial charge in [0.1, 0.15) is 28.8 Å². The number of hydrogen-bond acceptors (Lipinski definition) is 6. The summed E-state index contributed by atoms with van der Waals surface area (Å²) in [7, 11) is 1.65. The molecule has 1 aliphatic rings. The van der Waals surface area contributed by atoms with Crippen LogP contribution in [0.5, 0.6) is 11.5 Å². The van der Waals surface area contributed by atoms with E-state index in [1.807, 2.05) is 48.5 Å². The third-order valence-corrected chi connectivity index (χ3v) is 6.12. The number of carbonyl (C=O) groups is 1. The van der Waals surface area contributed by atoms with Gasteiger partial charge in [-0.05, 0) is 24.3 Å². The number of aromatic nitrogens is 2. The minimum Gasteiger partial charge on any atom is -0.496 e. The van der Waals surface area contributed by atoms with Crippen molar-refractivity contribution in [3.05, 3.63) is 106 Å². The van der Waals surface area contributed by atoms with E-state index in [2.05, 4.69) is 15.2 Å². The third-order valence-electron chi connectivity index (χ3n) is 6.12. The second-order valence-corrected chi connectivity index (χ2v) is 8.35. The molecule has 1 amide bonds. The molecular weight excluding hydrogens is 444 g/mol. The Balaban J connectivity index is 1.31. The van der Waals surface area contributed by atoms with E-state index in [-0.39, 0.29) is 17.2 Å². The Bertz CT molecular complexity index is 1420. The standard InChI is InChI=1S/C27H26N4O4/c1-34-23-11-5-3-9-20(23)24-18-30(17-19-8-2-4-10-22(19)35-24)15-13-28-26(32)21-16-29-25-12-6-7-14-31(25)27(21)33/h2-12,14,16,24H,13,15,17-18H2,1H3,(H,28,32). The SMILES string of the molecule is COc1ccccc1C1CN(CCNC(=O)c2cnc3ccccn3c2=O)Cc2ccccc2O1. The molecule has 5 rings (SSSR count). The van der Waals surface area contributed by atoms with Crippen LogP contribution >= 0.6 is 0 Å². The van der Waals surface area contributed by atoms with Crippen molar-refractivity contribution in [2.45, 2.75) is 12.6 Å². The minimum atomic E-state index is -0.437. The van der Waals surface area contributed by atoms with Crippen LogP contribution in [0.1, 0.15) is 27.6 Å². The number of nitrogens with zero attached hydrogens (tertiary/aromatic N) is 3. The first-order chi connectivity index (χ1) is 17.1. The van der Waals surface area contributed by atoms with E-state index in [4.69, 9.17) is 9.47 Å². The van der Waals surface area contributed by atoms with Crippen LogP contribution in [0.25, 0.3) is 5.65 Å². The maximum Gasteiger partial charge on any atom is 0.270 e. The fraction of sp³-hybridized carbons (Fsp3) is 0.222. The molecule has 1 N–H and O–H groups in total. The zero-order valence-electron chi connectivity index (χ0n) is 19.4. The van der Waals surface area contributed by atoms with Gasteiger partial charge in [-0.1, -0.05) is 42.5 Å². The van der Waals surface area contributed by atoms with E-state index >= 15 is 0 Å². The molecule has 0 saturated heterocycles. The second kappa shape index (κ2) is 9.99. The van der Waals surface area contributed by atoms with Gasteiger partial charge in [-0.3, -0.25) is 18.9 Å². The van der Waals surface area contributed by atoms with Crippen molar-refractivity contribution in [3.63, 3.8) is 0 Å². The van der Waals surface area contributed by atoms with E-state index in [1.165, 1.54) is 10.6 Å². The van der Waals surface area contributed by atoms with Crippen LogP contribution in [-0.2, 0) is 6.54 Å². The predicted octanol–water partition coefficient (Wildman–Crippen LogP) is 3.07. The van der Waals surface area contributed by atoms with Gasteiger partial charge >= 0.3 is 0 Å². The Morgan fingerprint density at radius 3 is 2.80 bits per heavy atom. The lowest BCUT2D eigenvalue weighted by Gasteiger charge is -2.25. The van der Waals surface area contributed by atoms with E-state index < -0.39 is 5.91 Å². The Labute approximate surface area is 202 Å². The summed E-state index contributed by atoms with van der Waals surface area (Å²) in [5.41, 5.74) is 2.18. The van der Waals surface area contributed by atoms with Crippen LogP contribution in [0, 0.1) is 0 Å². The van der Waals surface area contributed by atoms with Crippen molar-refractivity contribution in [3.8, 4) is 11.5 Å². The third kappa shape index (κ3) is 4.74. The van der Waals surface area contributed by atoms with Crippen LogP contribution in [0.15, 0.2) is 83.9 Å². The lowest BCUT2D eigenvalue weighted by Crippen LogP contribution is -2.38. The van der Waals surface area contributed by atoms with Crippen LogP contribution < -0.4 is 20.3 Å². The first-order valence-electron chi connectivity index (χ1n) is 11.5. The van der Waals surface area contributed by atoms with E-state index in [1.54, 1.807) is 31.5 Å². The quantitative estimate of drug-likeness (QED) is 0.466. The minimum absolute atomic E-state index is 0.0187. The van der Waals surface area contributed by atoms with Crippen molar-refractivity contribution in [1.29, 1.82) is 0 Å². The lowest BCUT2D eigenvalue weighted by molar-refractivity contribution is 0.0941. The van der Waals surface area contributed by atoms with Gasteiger partial charge in [-0.25, -0.2) is 4.98 Å². The molecule has 0 spiro atoms. The van der Waals surface area contributed by atoms with Crippen LogP contribution in [0.4, 0.5) is 0 Å². The van der Waals surface area contributed by atoms with Gasteiger partial charge in [-0.15, -0.1) is 0 Å². The average Bonchev–Trinajstić information content (AvgIpc) is 3.08. The molecule has 0 bridgehead atoms. The molecule has 0 fully saturated rings. The highest BCUT2D eigenvalue weighted by molar-refractivity contribution is 5.93. The summed E-state index contributed by atoms with van der Waals surface area (Å²) in [6.07, 6.45) is 2.70. The molecule has 8 heteroatoms. The number of methoxy groups -OCH3 is 1. The van der Waals surface area contributed by atoms with Crippen molar-refractivity contribution >= 4 is 11.6 Å². The molecule has 4 aromatic rings. The highest BCUT2D eigenvalue weighted by atomic mass is 16.5. The van der Waals surface area contributed by atoms with Crippen LogP contribution in [0.2, 0.25) is 0 Å². The molecule has 3 heterocycles. The Morgan fingerprint density at radius 1 is 1.11 bits per heavy atom. The number of amides is 1. The summed E-state index contributed by atoms with van der Waals surface area (Å²) in [5, 5.41) is 2.87. The maximum absolute atomic E-state index is 12.8. The smallest absolute Gasteiger partial charge is 0.270 e. The molecule has 35 heavy (non-hydrogen) atoms. The molecule has 178 valence electrons. The summed E-state index contributed by atoms with van der Waals surface area (Å²) >= 11 is 0. The van der Waals surface area contributed by atoms with E-state index in [0.717, 1.165) is 22.6 Å². The number of hydrogen-bond donors (Lipinski definition) is 1. The molecule has 2 aromatic carbocycles. The normalized spacial score (nSPS) is 15.6. The summed E-state index contributed by atoms with van der Waals surface area (Å²) in [6, 6.07) is 21.1. The number of fused-ring (bicyclic) bond motifs is 2. The summed E-state index contributed by atoms with van der Waals surface area (Å²) < 4.78 is 13.4. The van der Waals surface area contributed by atoms with E-state index in [9.17, 15) is 9.59 Å². The fourth-order valence-corrected chi connectivity index (χ4v) is 4.35. The Kier molecular flexibility index (Phi) is 6.45. The average molecular weight is 471 g/mol. The number of nitrogens with one attached hydrogen (secondary N) is 1. The second-order valence-electron chi connectivity index (χ2n) is 8.35. The van der Waals surface area contributed by atoms with Crippen LogP contribution in [0.3, 0.4) is 0 Å². The molecular formula is C27H26N4O4. The van der Waals surface area contributed by atoms with E-state index in [0.29, 0.717) is 31.8 Å². The van der Waals surface area contributed by atoms with Crippen molar-refractivity contribution in [1.82, 2.24) is 19.6 Å². The Morgan fingerprint density at radius 2 is 1.91 bits per heavy atom. The molecule has 1 unspecified atom stereocenters. The lowest BCUT2D eigenvalue weighted by atomic mass is 10.1. The zero-order valence-corrected chi connectivity index (χ0v) is 19.4. The summed E-state index contributed by atoms with van der Waals surface area (Å²) in [4.78, 5) is 31.9. The number of carbonyl (C=O) groups excluding carboxylic acids is 1. The van der Waals surface area contributed by atoms with Gasteiger partial charge in [0.15, 0.2) is 0 Å². The number of ether oxygens (including phenoxy) is 2. The number of benzene rings is 2. The number of para-hydroxylation sites is 2. The first kappa shape index (κ1) is 22.6. The van der Waals surface area contributed by atoms with Gasteiger partial charge in [0.05, 0.1) is 7.11 Å². The van der Waals surface area contributed by atoms with Gasteiger partial charge in [0, 0.05) is 49.7 Å².